The standard InChI is InChI=1S/C22H27NO3/c1-21(2)14-17(15-22(3,4)26-21)23-20(24)16-10-12-19(13-11-16)25-18-8-6-5-7-9-18/h5-13,17H,14-15H2,1-4H3,(H,23,24). The molecular formula is C22H27NO3. The van der Waals surface area contributed by atoms with Crippen LogP contribution in [0.15, 0.2) is 54.6 Å². The van der Waals surface area contributed by atoms with Gasteiger partial charge < -0.3 is 14.8 Å². The van der Waals surface area contributed by atoms with E-state index in [9.17, 15) is 4.79 Å². The molecule has 2 aromatic carbocycles. The Balaban J connectivity index is 1.63. The number of nitrogens with one attached hydrogen (secondary N) is 1. The van der Waals surface area contributed by atoms with Gasteiger partial charge in [-0.05, 0) is 76.9 Å². The number of ether oxygens (including phenoxy) is 2. The van der Waals surface area contributed by atoms with Gasteiger partial charge in [0, 0.05) is 11.6 Å². The molecule has 1 N–H and O–H groups in total. The lowest BCUT2D eigenvalue weighted by atomic mass is 9.85. The van der Waals surface area contributed by atoms with Gasteiger partial charge in [0.1, 0.15) is 11.5 Å². The molecule has 26 heavy (non-hydrogen) atoms. The van der Waals surface area contributed by atoms with E-state index in [4.69, 9.17) is 9.47 Å². The Kier molecular flexibility index (Phi) is 5.05. The molecule has 0 spiro atoms. The molecule has 1 heterocycles. The average Bonchev–Trinajstić information content (AvgIpc) is 2.53. The summed E-state index contributed by atoms with van der Waals surface area (Å²) in [4.78, 5) is 12.6. The summed E-state index contributed by atoms with van der Waals surface area (Å²) in [6.07, 6.45) is 1.61. The topological polar surface area (TPSA) is 47.6 Å². The second-order valence-corrected chi connectivity index (χ2v) is 8.14. The van der Waals surface area contributed by atoms with E-state index >= 15 is 0 Å². The van der Waals surface area contributed by atoms with Crippen molar-refractivity contribution in [1.29, 1.82) is 0 Å². The summed E-state index contributed by atoms with van der Waals surface area (Å²) in [5.74, 6) is 1.42. The van der Waals surface area contributed by atoms with Crippen molar-refractivity contribution in [2.45, 2.75) is 57.8 Å². The van der Waals surface area contributed by atoms with Gasteiger partial charge in [-0.3, -0.25) is 4.79 Å². The summed E-state index contributed by atoms with van der Waals surface area (Å²) in [5, 5.41) is 3.16. The maximum absolute atomic E-state index is 12.6. The van der Waals surface area contributed by atoms with Crippen LogP contribution in [0, 0.1) is 0 Å². The van der Waals surface area contributed by atoms with Crippen molar-refractivity contribution < 1.29 is 14.3 Å². The van der Waals surface area contributed by atoms with Crippen LogP contribution in [-0.4, -0.2) is 23.2 Å². The maximum atomic E-state index is 12.6. The summed E-state index contributed by atoms with van der Waals surface area (Å²) in [6.45, 7) is 8.29. The molecule has 0 aliphatic carbocycles. The fourth-order valence-electron chi connectivity index (χ4n) is 3.76. The van der Waals surface area contributed by atoms with Gasteiger partial charge in [0.15, 0.2) is 0 Å². The van der Waals surface area contributed by atoms with Gasteiger partial charge in [-0.15, -0.1) is 0 Å². The van der Waals surface area contributed by atoms with Crippen LogP contribution >= 0.6 is 0 Å². The van der Waals surface area contributed by atoms with Gasteiger partial charge in [-0.2, -0.15) is 0 Å². The zero-order chi connectivity index (χ0) is 18.8. The molecule has 0 bridgehead atoms. The maximum Gasteiger partial charge on any atom is 0.251 e. The molecule has 1 saturated heterocycles. The van der Waals surface area contributed by atoms with Crippen LogP contribution in [0.3, 0.4) is 0 Å². The summed E-state index contributed by atoms with van der Waals surface area (Å²) in [5.41, 5.74) is 0.146. The van der Waals surface area contributed by atoms with Crippen molar-refractivity contribution in [2.75, 3.05) is 0 Å². The number of amides is 1. The Morgan fingerprint density at radius 1 is 0.923 bits per heavy atom. The van der Waals surface area contributed by atoms with Crippen LogP contribution in [0.2, 0.25) is 0 Å². The number of hydrogen-bond donors (Lipinski definition) is 1. The van der Waals surface area contributed by atoms with Crippen LogP contribution in [0.25, 0.3) is 0 Å². The summed E-state index contributed by atoms with van der Waals surface area (Å²) >= 11 is 0. The van der Waals surface area contributed by atoms with E-state index < -0.39 is 0 Å². The Morgan fingerprint density at radius 2 is 1.46 bits per heavy atom. The van der Waals surface area contributed by atoms with Crippen LogP contribution in [0.5, 0.6) is 11.5 Å². The van der Waals surface area contributed by atoms with Crippen molar-refractivity contribution in [3.63, 3.8) is 0 Å². The zero-order valence-corrected chi connectivity index (χ0v) is 15.9. The van der Waals surface area contributed by atoms with Gasteiger partial charge in [-0.1, -0.05) is 18.2 Å². The average molecular weight is 353 g/mol. The van der Waals surface area contributed by atoms with Gasteiger partial charge >= 0.3 is 0 Å². The van der Waals surface area contributed by atoms with Crippen molar-refractivity contribution in [1.82, 2.24) is 5.32 Å². The van der Waals surface area contributed by atoms with Crippen molar-refractivity contribution in [3.8, 4) is 11.5 Å². The zero-order valence-electron chi connectivity index (χ0n) is 15.9. The van der Waals surface area contributed by atoms with Gasteiger partial charge in [0.25, 0.3) is 5.91 Å². The third-order valence-electron chi connectivity index (χ3n) is 4.46. The fraction of sp³-hybridized carbons (Fsp3) is 0.409. The van der Waals surface area contributed by atoms with Crippen LogP contribution in [0.4, 0.5) is 0 Å². The van der Waals surface area contributed by atoms with Crippen molar-refractivity contribution in [2.24, 2.45) is 0 Å². The molecule has 1 amide bonds. The highest BCUT2D eigenvalue weighted by molar-refractivity contribution is 5.94. The van der Waals surface area contributed by atoms with Crippen LogP contribution in [0.1, 0.15) is 50.9 Å². The number of para-hydroxylation sites is 1. The van der Waals surface area contributed by atoms with Gasteiger partial charge in [0.05, 0.1) is 11.2 Å². The van der Waals surface area contributed by atoms with Crippen molar-refractivity contribution >= 4 is 5.91 Å². The van der Waals surface area contributed by atoms with E-state index in [-0.39, 0.29) is 23.2 Å². The highest BCUT2D eigenvalue weighted by Crippen LogP contribution is 2.35. The molecule has 0 radical (unpaired) electrons. The molecule has 4 heteroatoms. The van der Waals surface area contributed by atoms with Crippen LogP contribution in [-0.2, 0) is 4.74 Å². The lowest BCUT2D eigenvalue weighted by molar-refractivity contribution is -0.162. The SMILES string of the molecule is CC1(C)CC(NC(=O)c2ccc(Oc3ccccc3)cc2)CC(C)(C)O1. The van der Waals surface area contributed by atoms with E-state index in [1.807, 2.05) is 42.5 Å². The summed E-state index contributed by atoms with van der Waals surface area (Å²) in [7, 11) is 0. The lowest BCUT2D eigenvalue weighted by Crippen LogP contribution is -2.52. The molecule has 1 aliphatic rings. The van der Waals surface area contributed by atoms with E-state index in [2.05, 4.69) is 33.0 Å². The fourth-order valence-corrected chi connectivity index (χ4v) is 3.76. The Hall–Kier alpha value is -2.33. The normalized spacial score (nSPS) is 18.9. The number of carbonyl (C=O) groups is 1. The van der Waals surface area contributed by atoms with Crippen molar-refractivity contribution in [3.05, 3.63) is 60.2 Å². The first-order valence-corrected chi connectivity index (χ1v) is 9.06. The predicted octanol–water partition coefficient (Wildman–Crippen LogP) is 4.94. The van der Waals surface area contributed by atoms with Gasteiger partial charge in [0.2, 0.25) is 0 Å². The first-order chi connectivity index (χ1) is 12.2. The molecule has 138 valence electrons. The number of carbonyl (C=O) groups excluding carboxylic acids is 1. The monoisotopic (exact) mass is 353 g/mol. The number of benzene rings is 2. The first kappa shape index (κ1) is 18.5. The van der Waals surface area contributed by atoms with Crippen LogP contribution < -0.4 is 10.1 Å². The Morgan fingerprint density at radius 3 is 2.04 bits per heavy atom. The Bertz CT molecular complexity index is 735. The first-order valence-electron chi connectivity index (χ1n) is 9.06. The molecule has 1 aliphatic heterocycles. The highest BCUT2D eigenvalue weighted by Gasteiger charge is 2.39. The third kappa shape index (κ3) is 4.85. The molecule has 0 aromatic heterocycles. The largest absolute Gasteiger partial charge is 0.457 e. The molecule has 0 unspecified atom stereocenters. The minimum atomic E-state index is -0.243. The molecule has 1 fully saturated rings. The number of hydrogen-bond acceptors (Lipinski definition) is 3. The van der Waals surface area contributed by atoms with Gasteiger partial charge in [-0.25, -0.2) is 0 Å². The second kappa shape index (κ2) is 7.12. The number of rotatable bonds is 4. The predicted molar refractivity (Wildman–Crippen MR) is 103 cm³/mol. The van der Waals surface area contributed by atoms with E-state index in [1.54, 1.807) is 12.1 Å². The van der Waals surface area contributed by atoms with E-state index in [0.717, 1.165) is 18.6 Å². The molecule has 3 rings (SSSR count). The smallest absolute Gasteiger partial charge is 0.251 e. The molecule has 4 nitrogen and oxygen atoms in total. The van der Waals surface area contributed by atoms with E-state index in [1.165, 1.54) is 0 Å². The lowest BCUT2D eigenvalue weighted by Gasteiger charge is -2.45. The summed E-state index contributed by atoms with van der Waals surface area (Å²) in [6, 6.07) is 16.9. The quantitative estimate of drug-likeness (QED) is 0.846. The van der Waals surface area contributed by atoms with E-state index in [0.29, 0.717) is 11.3 Å². The molecule has 0 saturated carbocycles. The Labute approximate surface area is 155 Å². The molecule has 2 aromatic rings. The molecule has 0 atom stereocenters. The third-order valence-corrected chi connectivity index (χ3v) is 4.46. The minimum Gasteiger partial charge on any atom is -0.457 e. The highest BCUT2D eigenvalue weighted by atomic mass is 16.5. The molecular weight excluding hydrogens is 326 g/mol. The second-order valence-electron chi connectivity index (χ2n) is 8.14. The summed E-state index contributed by atoms with van der Waals surface area (Å²) < 4.78 is 11.9. The minimum absolute atomic E-state index is 0.0604.